The van der Waals surface area contributed by atoms with Crippen molar-refractivity contribution in [2.75, 3.05) is 0 Å². The van der Waals surface area contributed by atoms with Crippen LogP contribution in [0.2, 0.25) is 5.02 Å². The predicted molar refractivity (Wildman–Crippen MR) is 100 cm³/mol. The van der Waals surface area contributed by atoms with E-state index in [1.54, 1.807) is 18.2 Å². The minimum atomic E-state index is -0.521. The molecular formula is C20H14ClN3O3. The first-order chi connectivity index (χ1) is 13.2. The van der Waals surface area contributed by atoms with Crippen LogP contribution in [0.4, 0.5) is 0 Å². The number of H-pyrrole nitrogens is 1. The van der Waals surface area contributed by atoms with Gasteiger partial charge in [0.2, 0.25) is 5.89 Å². The molecule has 0 aliphatic carbocycles. The Morgan fingerprint density at radius 1 is 1.07 bits per heavy atom. The summed E-state index contributed by atoms with van der Waals surface area (Å²) in [5, 5.41) is 7.45. The zero-order valence-electron chi connectivity index (χ0n) is 14.1. The van der Waals surface area contributed by atoms with E-state index in [0.29, 0.717) is 22.3 Å². The third kappa shape index (κ3) is 3.91. The molecule has 0 saturated heterocycles. The highest BCUT2D eigenvalue weighted by Crippen LogP contribution is 2.21. The maximum atomic E-state index is 12.2. The smallest absolute Gasteiger partial charge is 0.356 e. The number of nitrogens with one attached hydrogen (secondary N) is 1. The Morgan fingerprint density at radius 2 is 1.85 bits per heavy atom. The predicted octanol–water partition coefficient (Wildman–Crippen LogP) is 4.74. The van der Waals surface area contributed by atoms with Gasteiger partial charge < -0.3 is 9.15 Å². The molecular weight excluding hydrogens is 366 g/mol. The van der Waals surface area contributed by atoms with Crippen LogP contribution >= 0.6 is 11.6 Å². The molecule has 2 heterocycles. The molecule has 0 radical (unpaired) electrons. The monoisotopic (exact) mass is 379 g/mol. The van der Waals surface area contributed by atoms with Crippen molar-refractivity contribution in [3.05, 3.63) is 83.3 Å². The highest BCUT2D eigenvalue weighted by atomic mass is 35.5. The second kappa shape index (κ2) is 7.47. The number of ether oxygens (including phenoxy) is 1. The summed E-state index contributed by atoms with van der Waals surface area (Å²) in [5.41, 5.74) is 3.12. The molecule has 0 unspecified atom stereocenters. The quantitative estimate of drug-likeness (QED) is 0.506. The number of carbonyl (C=O) groups excluding carboxylic acids is 1. The van der Waals surface area contributed by atoms with E-state index in [2.05, 4.69) is 15.2 Å². The molecule has 0 bridgehead atoms. The Morgan fingerprint density at radius 3 is 2.63 bits per heavy atom. The molecule has 0 aliphatic rings. The van der Waals surface area contributed by atoms with Gasteiger partial charge in [0.1, 0.15) is 24.3 Å². The van der Waals surface area contributed by atoms with Gasteiger partial charge in [-0.15, -0.1) is 0 Å². The molecule has 0 saturated carbocycles. The van der Waals surface area contributed by atoms with Gasteiger partial charge in [0.05, 0.1) is 5.69 Å². The van der Waals surface area contributed by atoms with Crippen LogP contribution < -0.4 is 0 Å². The van der Waals surface area contributed by atoms with Crippen molar-refractivity contribution in [2.45, 2.75) is 6.61 Å². The first-order valence-corrected chi connectivity index (χ1v) is 8.55. The van der Waals surface area contributed by atoms with E-state index in [-0.39, 0.29) is 12.3 Å². The molecule has 2 aromatic heterocycles. The third-order valence-electron chi connectivity index (χ3n) is 3.86. The topological polar surface area (TPSA) is 81.0 Å². The SMILES string of the molecule is O=C(OCc1coc(-c2ccccc2)n1)c1cc(-c2ccc(Cl)cc2)n[nH]1. The lowest BCUT2D eigenvalue weighted by molar-refractivity contribution is 0.0460. The van der Waals surface area contributed by atoms with Crippen LogP contribution in [0, 0.1) is 0 Å². The van der Waals surface area contributed by atoms with Crippen LogP contribution in [0.1, 0.15) is 16.2 Å². The minimum absolute atomic E-state index is 0.00443. The molecule has 7 heteroatoms. The normalized spacial score (nSPS) is 10.7. The molecule has 0 atom stereocenters. The molecule has 1 N–H and O–H groups in total. The standard InChI is InChI=1S/C20H14ClN3O3/c21-15-8-6-13(7-9-15)17-10-18(24-23-17)20(25)27-12-16-11-26-19(22-16)14-4-2-1-3-5-14/h1-11H,12H2,(H,23,24). The van der Waals surface area contributed by atoms with Gasteiger partial charge in [0.15, 0.2) is 0 Å². The number of nitrogens with zero attached hydrogens (tertiary/aromatic N) is 2. The number of aromatic amines is 1. The van der Waals surface area contributed by atoms with Crippen LogP contribution in [0.15, 0.2) is 71.3 Å². The van der Waals surface area contributed by atoms with E-state index >= 15 is 0 Å². The van der Waals surface area contributed by atoms with Gasteiger partial charge in [0.25, 0.3) is 0 Å². The number of aromatic nitrogens is 3. The molecule has 0 spiro atoms. The number of halogens is 1. The third-order valence-corrected chi connectivity index (χ3v) is 4.11. The van der Waals surface area contributed by atoms with Crippen molar-refractivity contribution in [2.24, 2.45) is 0 Å². The van der Waals surface area contributed by atoms with Gasteiger partial charge in [-0.25, -0.2) is 9.78 Å². The van der Waals surface area contributed by atoms with E-state index in [9.17, 15) is 4.79 Å². The summed E-state index contributed by atoms with van der Waals surface area (Å²) in [4.78, 5) is 16.5. The van der Waals surface area contributed by atoms with Crippen LogP contribution in [-0.2, 0) is 11.3 Å². The van der Waals surface area contributed by atoms with E-state index < -0.39 is 5.97 Å². The van der Waals surface area contributed by atoms with Gasteiger partial charge in [-0.05, 0) is 30.3 Å². The second-order valence-corrected chi connectivity index (χ2v) is 6.20. The molecule has 4 aromatic rings. The van der Waals surface area contributed by atoms with Crippen molar-refractivity contribution >= 4 is 17.6 Å². The minimum Gasteiger partial charge on any atom is -0.454 e. The maximum Gasteiger partial charge on any atom is 0.356 e. The van der Waals surface area contributed by atoms with E-state index in [1.165, 1.54) is 6.26 Å². The number of hydrogen-bond donors (Lipinski definition) is 1. The first kappa shape index (κ1) is 17.1. The summed E-state index contributed by atoms with van der Waals surface area (Å²) in [6.45, 7) is 0.00443. The molecule has 134 valence electrons. The fraction of sp³-hybridized carbons (Fsp3) is 0.0500. The Balaban J connectivity index is 1.40. The molecule has 0 amide bonds. The number of carbonyl (C=O) groups is 1. The average molecular weight is 380 g/mol. The summed E-state index contributed by atoms with van der Waals surface area (Å²) in [6, 6.07) is 18.3. The van der Waals surface area contributed by atoms with Gasteiger partial charge >= 0.3 is 5.97 Å². The number of benzene rings is 2. The maximum absolute atomic E-state index is 12.2. The van der Waals surface area contributed by atoms with Crippen LogP contribution in [-0.4, -0.2) is 21.2 Å². The fourth-order valence-corrected chi connectivity index (χ4v) is 2.62. The molecule has 0 aliphatic heterocycles. The summed E-state index contributed by atoms with van der Waals surface area (Å²) >= 11 is 5.88. The van der Waals surface area contributed by atoms with Crippen molar-refractivity contribution in [3.63, 3.8) is 0 Å². The molecule has 6 nitrogen and oxygen atoms in total. The summed E-state index contributed by atoms with van der Waals surface area (Å²) in [6.07, 6.45) is 1.47. The summed E-state index contributed by atoms with van der Waals surface area (Å²) in [5.74, 6) is -0.0415. The van der Waals surface area contributed by atoms with Crippen LogP contribution in [0.5, 0.6) is 0 Å². The Bertz CT molecular complexity index is 1060. The van der Waals surface area contributed by atoms with E-state index in [4.69, 9.17) is 20.8 Å². The summed E-state index contributed by atoms with van der Waals surface area (Å²) in [7, 11) is 0. The highest BCUT2D eigenvalue weighted by Gasteiger charge is 2.14. The van der Waals surface area contributed by atoms with Crippen molar-refractivity contribution in [1.29, 1.82) is 0 Å². The Hall–Kier alpha value is -3.38. The number of hydrogen-bond acceptors (Lipinski definition) is 5. The zero-order valence-corrected chi connectivity index (χ0v) is 14.8. The fourth-order valence-electron chi connectivity index (χ4n) is 2.50. The average Bonchev–Trinajstić information content (AvgIpc) is 3.37. The Labute approximate surface area is 159 Å². The van der Waals surface area contributed by atoms with Crippen molar-refractivity contribution in [1.82, 2.24) is 15.2 Å². The van der Waals surface area contributed by atoms with Gasteiger partial charge in [-0.3, -0.25) is 5.10 Å². The number of esters is 1. The molecule has 0 fully saturated rings. The first-order valence-electron chi connectivity index (χ1n) is 8.17. The van der Waals surface area contributed by atoms with Crippen molar-refractivity contribution < 1.29 is 13.9 Å². The van der Waals surface area contributed by atoms with Gasteiger partial charge in [0, 0.05) is 16.1 Å². The van der Waals surface area contributed by atoms with Crippen LogP contribution in [0.25, 0.3) is 22.7 Å². The largest absolute Gasteiger partial charge is 0.454 e. The van der Waals surface area contributed by atoms with Gasteiger partial charge in [-0.1, -0.05) is 41.9 Å². The molecule has 27 heavy (non-hydrogen) atoms. The number of rotatable bonds is 5. The van der Waals surface area contributed by atoms with E-state index in [0.717, 1.165) is 11.1 Å². The highest BCUT2D eigenvalue weighted by molar-refractivity contribution is 6.30. The lowest BCUT2D eigenvalue weighted by atomic mass is 10.1. The lowest BCUT2D eigenvalue weighted by Crippen LogP contribution is -2.05. The molecule has 2 aromatic carbocycles. The van der Waals surface area contributed by atoms with Gasteiger partial charge in [-0.2, -0.15) is 5.10 Å². The van der Waals surface area contributed by atoms with Crippen LogP contribution in [0.3, 0.4) is 0 Å². The molecule has 4 rings (SSSR count). The zero-order chi connectivity index (χ0) is 18.6. The van der Waals surface area contributed by atoms with Crippen molar-refractivity contribution in [3.8, 4) is 22.7 Å². The Kier molecular flexibility index (Phi) is 4.72. The van der Waals surface area contributed by atoms with E-state index in [1.807, 2.05) is 42.5 Å². The number of oxazole rings is 1. The summed E-state index contributed by atoms with van der Waals surface area (Å²) < 4.78 is 10.7. The lowest BCUT2D eigenvalue weighted by Gasteiger charge is -1.99. The second-order valence-electron chi connectivity index (χ2n) is 5.76.